The molecule has 3 rings (SSSR count). The third kappa shape index (κ3) is 4.29. The van der Waals surface area contributed by atoms with Gasteiger partial charge in [0.1, 0.15) is 22.8 Å². The number of hydrogen-bond acceptors (Lipinski definition) is 5. The van der Waals surface area contributed by atoms with Gasteiger partial charge in [-0.05, 0) is 42.9 Å². The highest BCUT2D eigenvalue weighted by molar-refractivity contribution is 7.80. The number of rotatable bonds is 4. The molecule has 9 heteroatoms. The van der Waals surface area contributed by atoms with Gasteiger partial charge in [-0.3, -0.25) is 15.1 Å². The summed E-state index contributed by atoms with van der Waals surface area (Å²) in [7, 11) is 0. The number of carbonyl (C=O) groups excluding carboxylic acids is 1. The van der Waals surface area contributed by atoms with E-state index in [0.29, 0.717) is 6.54 Å². The van der Waals surface area contributed by atoms with Crippen LogP contribution in [-0.4, -0.2) is 21.2 Å². The maximum Gasteiger partial charge on any atom is 0.263 e. The smallest absolute Gasteiger partial charge is 0.263 e. The molecule has 0 bridgehead atoms. The molecule has 0 aliphatic carbocycles. The van der Waals surface area contributed by atoms with Crippen molar-refractivity contribution in [2.75, 3.05) is 0 Å². The Bertz CT molecular complexity index is 974. The van der Waals surface area contributed by atoms with Crippen molar-refractivity contribution in [3.63, 3.8) is 0 Å². The van der Waals surface area contributed by atoms with E-state index in [4.69, 9.17) is 28.3 Å². The first-order chi connectivity index (χ1) is 13.0. The molecule has 0 saturated carbocycles. The van der Waals surface area contributed by atoms with Gasteiger partial charge in [0.2, 0.25) is 0 Å². The topological polar surface area (TPSA) is 80.0 Å². The predicted molar refractivity (Wildman–Crippen MR) is 103 cm³/mol. The molecule has 138 valence electrons. The molecular weight excluding hydrogens is 391 g/mol. The average molecular weight is 405 g/mol. The molecule has 2 heterocycles. The summed E-state index contributed by atoms with van der Waals surface area (Å²) in [5.74, 6) is -0.967. The van der Waals surface area contributed by atoms with Gasteiger partial charge >= 0.3 is 0 Å². The van der Waals surface area contributed by atoms with E-state index in [1.807, 2.05) is 6.07 Å². The first-order valence-corrected chi connectivity index (χ1v) is 8.64. The number of halogens is 2. The standard InChI is InChI=1S/C18H14ClFN4O2S/c1-10-14(16(24-26-10)15-12(19)5-2-6-13(15)20)17(25)23-18(27)22-9-11-4-3-7-21-8-11/h2-8H,9H2,1H3,(H2,22,23,25,27). The number of amides is 1. The summed E-state index contributed by atoms with van der Waals surface area (Å²) in [4.78, 5) is 16.6. The molecular formula is C18H14ClFN4O2S. The van der Waals surface area contributed by atoms with Gasteiger partial charge in [-0.15, -0.1) is 0 Å². The first-order valence-electron chi connectivity index (χ1n) is 7.86. The summed E-state index contributed by atoms with van der Waals surface area (Å²) < 4.78 is 19.3. The van der Waals surface area contributed by atoms with Crippen molar-refractivity contribution < 1.29 is 13.7 Å². The SMILES string of the molecule is Cc1onc(-c2c(F)cccc2Cl)c1C(=O)NC(=S)NCc1cccnc1. The maximum absolute atomic E-state index is 14.2. The summed E-state index contributed by atoms with van der Waals surface area (Å²) >= 11 is 11.2. The third-order valence-electron chi connectivity index (χ3n) is 3.69. The predicted octanol–water partition coefficient (Wildman–Crippen LogP) is 3.64. The van der Waals surface area contributed by atoms with Gasteiger partial charge in [-0.2, -0.15) is 0 Å². The van der Waals surface area contributed by atoms with Gasteiger partial charge in [0, 0.05) is 18.9 Å². The molecule has 0 atom stereocenters. The minimum Gasteiger partial charge on any atom is -0.360 e. The van der Waals surface area contributed by atoms with E-state index in [-0.39, 0.29) is 32.7 Å². The third-order valence-corrected chi connectivity index (χ3v) is 4.25. The molecule has 0 aliphatic rings. The minimum atomic E-state index is -0.609. The summed E-state index contributed by atoms with van der Waals surface area (Å²) in [5.41, 5.74) is 0.972. The van der Waals surface area contributed by atoms with Crippen LogP contribution in [0, 0.1) is 12.7 Å². The molecule has 27 heavy (non-hydrogen) atoms. The van der Waals surface area contributed by atoms with Crippen LogP contribution in [0.5, 0.6) is 0 Å². The van der Waals surface area contributed by atoms with Gasteiger partial charge in [0.25, 0.3) is 5.91 Å². The maximum atomic E-state index is 14.2. The number of carbonyl (C=O) groups is 1. The van der Waals surface area contributed by atoms with Crippen molar-refractivity contribution in [1.29, 1.82) is 0 Å². The van der Waals surface area contributed by atoms with Gasteiger partial charge in [0.05, 0.1) is 10.6 Å². The minimum absolute atomic E-state index is 0.00426. The zero-order valence-corrected chi connectivity index (χ0v) is 15.7. The van der Waals surface area contributed by atoms with Crippen LogP contribution < -0.4 is 10.6 Å². The fourth-order valence-electron chi connectivity index (χ4n) is 2.43. The molecule has 0 spiro atoms. The molecule has 0 saturated heterocycles. The second-order valence-corrected chi connectivity index (χ2v) is 6.37. The fraction of sp³-hybridized carbons (Fsp3) is 0.111. The zero-order valence-electron chi connectivity index (χ0n) is 14.1. The second kappa shape index (κ2) is 8.24. The summed E-state index contributed by atoms with van der Waals surface area (Å²) in [6, 6.07) is 7.86. The average Bonchev–Trinajstić information content (AvgIpc) is 3.02. The van der Waals surface area contributed by atoms with Crippen molar-refractivity contribution >= 4 is 34.8 Å². The number of thiocarbonyl (C=S) groups is 1. The molecule has 2 N–H and O–H groups in total. The number of benzene rings is 1. The van der Waals surface area contributed by atoms with E-state index in [9.17, 15) is 9.18 Å². The van der Waals surface area contributed by atoms with E-state index < -0.39 is 11.7 Å². The quantitative estimate of drug-likeness (QED) is 0.646. The Morgan fingerprint density at radius 1 is 1.33 bits per heavy atom. The van der Waals surface area contributed by atoms with E-state index in [0.717, 1.165) is 5.56 Å². The largest absolute Gasteiger partial charge is 0.360 e. The number of aromatic nitrogens is 2. The van der Waals surface area contributed by atoms with Crippen molar-refractivity contribution in [1.82, 2.24) is 20.8 Å². The number of nitrogens with one attached hydrogen (secondary N) is 2. The Morgan fingerprint density at radius 3 is 2.85 bits per heavy atom. The van der Waals surface area contributed by atoms with Crippen LogP contribution in [0.1, 0.15) is 21.7 Å². The molecule has 0 fully saturated rings. The lowest BCUT2D eigenvalue weighted by atomic mass is 10.1. The number of hydrogen-bond donors (Lipinski definition) is 2. The van der Waals surface area contributed by atoms with E-state index >= 15 is 0 Å². The van der Waals surface area contributed by atoms with Crippen molar-refractivity contribution in [3.8, 4) is 11.3 Å². The lowest BCUT2D eigenvalue weighted by Gasteiger charge is -2.10. The van der Waals surface area contributed by atoms with Crippen LogP contribution in [-0.2, 0) is 6.54 Å². The normalized spacial score (nSPS) is 10.5. The van der Waals surface area contributed by atoms with Crippen LogP contribution >= 0.6 is 23.8 Å². The van der Waals surface area contributed by atoms with Gasteiger partial charge in [0.15, 0.2) is 5.11 Å². The number of nitrogens with zero attached hydrogens (tertiary/aromatic N) is 2. The van der Waals surface area contributed by atoms with Crippen LogP contribution in [0.3, 0.4) is 0 Å². The molecule has 2 aromatic heterocycles. The molecule has 0 radical (unpaired) electrons. The Hall–Kier alpha value is -2.84. The van der Waals surface area contributed by atoms with Crippen molar-refractivity contribution in [2.24, 2.45) is 0 Å². The Labute approximate surface area is 164 Å². The molecule has 3 aromatic rings. The molecule has 6 nitrogen and oxygen atoms in total. The van der Waals surface area contributed by atoms with Crippen LogP contribution in [0.25, 0.3) is 11.3 Å². The first kappa shape index (κ1) is 18.9. The van der Waals surface area contributed by atoms with Crippen molar-refractivity contribution in [2.45, 2.75) is 13.5 Å². The molecule has 1 aromatic carbocycles. The highest BCUT2D eigenvalue weighted by Crippen LogP contribution is 2.33. The lowest BCUT2D eigenvalue weighted by molar-refractivity contribution is 0.0975. The van der Waals surface area contributed by atoms with Gasteiger partial charge in [-0.25, -0.2) is 4.39 Å². The van der Waals surface area contributed by atoms with Gasteiger partial charge in [-0.1, -0.05) is 28.9 Å². The van der Waals surface area contributed by atoms with Crippen LogP contribution in [0.15, 0.2) is 47.2 Å². The van der Waals surface area contributed by atoms with E-state index in [2.05, 4.69) is 20.8 Å². The van der Waals surface area contributed by atoms with E-state index in [1.165, 1.54) is 18.2 Å². The Kier molecular flexibility index (Phi) is 5.78. The van der Waals surface area contributed by atoms with E-state index in [1.54, 1.807) is 25.4 Å². The number of aryl methyl sites for hydroxylation is 1. The Morgan fingerprint density at radius 2 is 2.15 bits per heavy atom. The highest BCUT2D eigenvalue weighted by Gasteiger charge is 2.25. The summed E-state index contributed by atoms with van der Waals surface area (Å²) in [6.45, 7) is 1.94. The Balaban J connectivity index is 1.78. The van der Waals surface area contributed by atoms with Crippen molar-refractivity contribution in [3.05, 3.63) is 70.5 Å². The number of pyridine rings is 1. The lowest BCUT2D eigenvalue weighted by Crippen LogP contribution is -2.39. The zero-order chi connectivity index (χ0) is 19.4. The van der Waals surface area contributed by atoms with Crippen LogP contribution in [0.4, 0.5) is 4.39 Å². The molecule has 0 unspecified atom stereocenters. The monoisotopic (exact) mass is 404 g/mol. The van der Waals surface area contributed by atoms with Gasteiger partial charge < -0.3 is 9.84 Å². The summed E-state index contributed by atoms with van der Waals surface area (Å²) in [5, 5.41) is 9.46. The van der Waals surface area contributed by atoms with Crippen LogP contribution in [0.2, 0.25) is 5.02 Å². The molecule has 0 aliphatic heterocycles. The molecule has 1 amide bonds. The second-order valence-electron chi connectivity index (χ2n) is 5.56. The summed E-state index contributed by atoms with van der Waals surface area (Å²) in [6.07, 6.45) is 3.34. The highest BCUT2D eigenvalue weighted by atomic mass is 35.5. The fourth-order valence-corrected chi connectivity index (χ4v) is 2.85.